The number of thiophene rings is 1. The molecule has 1 fully saturated rings. The summed E-state index contributed by atoms with van der Waals surface area (Å²) in [4.78, 5) is 8.14. The predicted octanol–water partition coefficient (Wildman–Crippen LogP) is 4.71. The molecular weight excluding hydrogens is 327 g/mol. The third-order valence-corrected chi connectivity index (χ3v) is 6.46. The molecule has 2 aromatic heterocycles. The van der Waals surface area contributed by atoms with E-state index in [2.05, 4.69) is 46.5 Å². The fourth-order valence-electron chi connectivity index (χ4n) is 3.31. The topological polar surface area (TPSA) is 16.1 Å². The lowest BCUT2D eigenvalue weighted by molar-refractivity contribution is 0.0672. The van der Waals surface area contributed by atoms with Gasteiger partial charge >= 0.3 is 0 Å². The van der Waals surface area contributed by atoms with Gasteiger partial charge < -0.3 is 0 Å². The molecule has 1 atom stereocenters. The van der Waals surface area contributed by atoms with Gasteiger partial charge in [0.15, 0.2) is 0 Å². The summed E-state index contributed by atoms with van der Waals surface area (Å²) >= 11 is 3.53. The first-order valence-corrected chi connectivity index (χ1v) is 9.73. The van der Waals surface area contributed by atoms with Gasteiger partial charge in [-0.15, -0.1) is 22.7 Å². The largest absolute Gasteiger partial charge is 0.297 e. The van der Waals surface area contributed by atoms with E-state index >= 15 is 0 Å². The zero-order chi connectivity index (χ0) is 15.8. The number of aromatic nitrogens is 1. The molecule has 1 aliphatic heterocycles. The summed E-state index contributed by atoms with van der Waals surface area (Å²) in [5.74, 6) is 0.303. The Bertz CT molecular complexity index is 791. The highest BCUT2D eigenvalue weighted by Crippen LogP contribution is 2.39. The minimum atomic E-state index is -0.620. The van der Waals surface area contributed by atoms with Crippen LogP contribution in [0.4, 0.5) is 4.39 Å². The highest BCUT2D eigenvalue weighted by Gasteiger charge is 2.27. The summed E-state index contributed by atoms with van der Waals surface area (Å²) in [6.45, 7) is 4.39. The van der Waals surface area contributed by atoms with Crippen molar-refractivity contribution in [2.45, 2.75) is 25.4 Å². The summed E-state index contributed by atoms with van der Waals surface area (Å²) in [6.07, 6.45) is 0.376. The first-order chi connectivity index (χ1) is 11.2. The number of hydrogen-bond acceptors (Lipinski definition) is 4. The molecule has 0 bridgehead atoms. The minimum absolute atomic E-state index is 0.303. The second-order valence-electron chi connectivity index (χ2n) is 6.18. The van der Waals surface area contributed by atoms with Crippen molar-refractivity contribution in [3.8, 4) is 0 Å². The maximum atomic E-state index is 13.0. The van der Waals surface area contributed by atoms with Crippen LogP contribution in [0.3, 0.4) is 0 Å². The van der Waals surface area contributed by atoms with Gasteiger partial charge in [0, 0.05) is 40.5 Å². The van der Waals surface area contributed by atoms with Gasteiger partial charge in [-0.2, -0.15) is 0 Å². The Morgan fingerprint density at radius 2 is 2.17 bits per heavy atom. The van der Waals surface area contributed by atoms with Crippen molar-refractivity contribution >= 4 is 32.8 Å². The monoisotopic (exact) mass is 346 g/mol. The SMILES string of the molecule is CC(c1cscn1)c1c(CCN2CC(F)C2)sc2ccccc12. The number of benzene rings is 1. The molecule has 0 saturated carbocycles. The zero-order valence-electron chi connectivity index (χ0n) is 13.0. The summed E-state index contributed by atoms with van der Waals surface area (Å²) in [5, 5.41) is 3.49. The van der Waals surface area contributed by atoms with Crippen LogP contribution >= 0.6 is 22.7 Å². The highest BCUT2D eigenvalue weighted by molar-refractivity contribution is 7.19. The third-order valence-electron chi connectivity index (χ3n) is 4.61. The van der Waals surface area contributed by atoms with Crippen molar-refractivity contribution in [1.29, 1.82) is 0 Å². The molecule has 0 aliphatic carbocycles. The Hall–Kier alpha value is -1.30. The number of rotatable bonds is 5. The molecular formula is C18H19FN2S2. The van der Waals surface area contributed by atoms with Crippen LogP contribution in [-0.2, 0) is 6.42 Å². The lowest BCUT2D eigenvalue weighted by Crippen LogP contribution is -2.48. The fraction of sp³-hybridized carbons (Fsp3) is 0.389. The van der Waals surface area contributed by atoms with Crippen LogP contribution < -0.4 is 0 Å². The molecule has 0 amide bonds. The zero-order valence-corrected chi connectivity index (χ0v) is 14.7. The van der Waals surface area contributed by atoms with E-state index in [1.165, 1.54) is 20.5 Å². The molecule has 5 heteroatoms. The fourth-order valence-corrected chi connectivity index (χ4v) is 5.25. The molecule has 3 heterocycles. The van der Waals surface area contributed by atoms with Gasteiger partial charge in [0.2, 0.25) is 0 Å². The second-order valence-corrected chi connectivity index (χ2v) is 8.03. The van der Waals surface area contributed by atoms with Crippen LogP contribution in [0.1, 0.15) is 29.0 Å². The molecule has 1 aromatic carbocycles. The van der Waals surface area contributed by atoms with Crippen LogP contribution in [0.5, 0.6) is 0 Å². The quantitative estimate of drug-likeness (QED) is 0.665. The van der Waals surface area contributed by atoms with Crippen LogP contribution in [0.15, 0.2) is 35.2 Å². The second kappa shape index (κ2) is 6.30. The van der Waals surface area contributed by atoms with E-state index in [9.17, 15) is 4.39 Å². The molecule has 120 valence electrons. The van der Waals surface area contributed by atoms with Crippen LogP contribution in [-0.4, -0.2) is 35.7 Å². The molecule has 2 nitrogen and oxygen atoms in total. The van der Waals surface area contributed by atoms with Gasteiger partial charge in [-0.05, 0) is 23.4 Å². The summed E-state index contributed by atoms with van der Waals surface area (Å²) < 4.78 is 14.3. The van der Waals surface area contributed by atoms with E-state index < -0.39 is 6.17 Å². The Morgan fingerprint density at radius 1 is 1.35 bits per heavy atom. The number of halogens is 1. The van der Waals surface area contributed by atoms with Crippen molar-refractivity contribution < 1.29 is 4.39 Å². The van der Waals surface area contributed by atoms with Crippen LogP contribution in [0.2, 0.25) is 0 Å². The average Bonchev–Trinajstić information content (AvgIpc) is 3.17. The molecule has 3 aromatic rings. The van der Waals surface area contributed by atoms with Crippen molar-refractivity contribution in [3.63, 3.8) is 0 Å². The lowest BCUT2D eigenvalue weighted by Gasteiger charge is -2.34. The average molecular weight is 346 g/mol. The van der Waals surface area contributed by atoms with E-state index in [0.717, 1.165) is 18.7 Å². The molecule has 0 spiro atoms. The number of nitrogens with zero attached hydrogens (tertiary/aromatic N) is 2. The Kier molecular flexibility index (Phi) is 4.18. The van der Waals surface area contributed by atoms with Gasteiger partial charge in [-0.25, -0.2) is 9.37 Å². The smallest absolute Gasteiger partial charge is 0.125 e. The number of hydrogen-bond donors (Lipinski definition) is 0. The predicted molar refractivity (Wildman–Crippen MR) is 96.5 cm³/mol. The molecule has 4 rings (SSSR count). The highest BCUT2D eigenvalue weighted by atomic mass is 32.1. The molecule has 0 radical (unpaired) electrons. The number of fused-ring (bicyclic) bond motifs is 1. The Balaban J connectivity index is 1.66. The molecule has 23 heavy (non-hydrogen) atoms. The maximum Gasteiger partial charge on any atom is 0.125 e. The first-order valence-electron chi connectivity index (χ1n) is 7.97. The van der Waals surface area contributed by atoms with Crippen LogP contribution in [0, 0.1) is 0 Å². The Morgan fingerprint density at radius 3 is 2.91 bits per heavy atom. The minimum Gasteiger partial charge on any atom is -0.297 e. The van der Waals surface area contributed by atoms with Gasteiger partial charge in [-0.1, -0.05) is 25.1 Å². The maximum absolute atomic E-state index is 13.0. The van der Waals surface area contributed by atoms with Crippen molar-refractivity contribution in [2.24, 2.45) is 0 Å². The molecule has 0 N–H and O–H groups in total. The number of alkyl halides is 1. The lowest BCUT2D eigenvalue weighted by atomic mass is 9.94. The molecule has 1 unspecified atom stereocenters. The van der Waals surface area contributed by atoms with E-state index in [0.29, 0.717) is 19.0 Å². The van der Waals surface area contributed by atoms with E-state index in [4.69, 9.17) is 0 Å². The van der Waals surface area contributed by atoms with Crippen molar-refractivity contribution in [2.75, 3.05) is 19.6 Å². The van der Waals surface area contributed by atoms with Crippen molar-refractivity contribution in [3.05, 3.63) is 51.3 Å². The van der Waals surface area contributed by atoms with Gasteiger partial charge in [-0.3, -0.25) is 4.90 Å². The van der Waals surface area contributed by atoms with E-state index in [1.54, 1.807) is 11.3 Å². The normalized spacial score (nSPS) is 17.5. The summed E-state index contributed by atoms with van der Waals surface area (Å²) in [6, 6.07) is 8.62. The molecule has 1 saturated heterocycles. The van der Waals surface area contributed by atoms with E-state index in [-0.39, 0.29) is 0 Å². The number of thiazole rings is 1. The summed E-state index contributed by atoms with van der Waals surface area (Å²) in [5.41, 5.74) is 4.46. The first kappa shape index (κ1) is 15.2. The van der Waals surface area contributed by atoms with E-state index in [1.807, 2.05) is 16.8 Å². The van der Waals surface area contributed by atoms with Crippen molar-refractivity contribution in [1.82, 2.24) is 9.88 Å². The third kappa shape index (κ3) is 2.93. The molecule has 1 aliphatic rings. The van der Waals surface area contributed by atoms with Gasteiger partial charge in [0.05, 0.1) is 11.2 Å². The Labute approximate surface area is 143 Å². The van der Waals surface area contributed by atoms with Crippen LogP contribution in [0.25, 0.3) is 10.1 Å². The summed E-state index contributed by atoms with van der Waals surface area (Å²) in [7, 11) is 0. The van der Waals surface area contributed by atoms with Gasteiger partial charge in [0.1, 0.15) is 6.17 Å². The van der Waals surface area contributed by atoms with Gasteiger partial charge in [0.25, 0.3) is 0 Å². The standard InChI is InChI=1S/C18H19FN2S2/c1-12(15-10-22-11-20-15)18-14-4-2-3-5-16(14)23-17(18)6-7-21-8-13(19)9-21/h2-5,10-13H,6-9H2,1H3. The number of likely N-dealkylation sites (tertiary alicyclic amines) is 1.